The molecule has 2 saturated heterocycles. The lowest BCUT2D eigenvalue weighted by Crippen LogP contribution is -2.40. The third-order valence-corrected chi connectivity index (χ3v) is 11.1. The molecule has 0 spiro atoms. The number of anilines is 1. The SMILES string of the molecule is Cc1ccc(NC(=O)C2(c3ccc4c(c3)OCO4)CC2)cc1-c1ccc(S(=O)(=O)N2CCC[C@H]2C(=O)O)cc1.O=C(O)[C@@H]1CCCN1. The van der Waals surface area contributed by atoms with Gasteiger partial charge in [-0.2, -0.15) is 4.31 Å². The fraction of sp³-hybridized carbons (Fsp3) is 0.382. The van der Waals surface area contributed by atoms with Crippen LogP contribution in [-0.2, 0) is 29.8 Å². The Balaban J connectivity index is 0.000000424. The van der Waals surface area contributed by atoms with Crippen LogP contribution in [0.2, 0.25) is 0 Å². The lowest BCUT2D eigenvalue weighted by atomic mass is 9.94. The van der Waals surface area contributed by atoms with Gasteiger partial charge < -0.3 is 30.3 Å². The van der Waals surface area contributed by atoms with E-state index in [1.807, 2.05) is 43.3 Å². The molecule has 12 nitrogen and oxygen atoms in total. The number of sulfonamides is 1. The molecule has 1 amide bonds. The van der Waals surface area contributed by atoms with Crippen LogP contribution < -0.4 is 20.1 Å². The van der Waals surface area contributed by atoms with Crippen molar-refractivity contribution in [3.63, 3.8) is 0 Å². The van der Waals surface area contributed by atoms with Gasteiger partial charge in [-0.05, 0) is 111 Å². The number of benzene rings is 3. The zero-order chi connectivity index (χ0) is 33.3. The molecule has 47 heavy (non-hydrogen) atoms. The highest BCUT2D eigenvalue weighted by atomic mass is 32.2. The van der Waals surface area contributed by atoms with Crippen molar-refractivity contribution in [2.45, 2.75) is 67.8 Å². The Morgan fingerprint density at radius 3 is 2.30 bits per heavy atom. The minimum absolute atomic E-state index is 0.0564. The van der Waals surface area contributed by atoms with Gasteiger partial charge in [-0.3, -0.25) is 14.4 Å². The molecular formula is C34H37N3O9S. The summed E-state index contributed by atoms with van der Waals surface area (Å²) in [5.74, 6) is -0.607. The molecule has 248 valence electrons. The molecule has 3 aromatic carbocycles. The maximum atomic E-state index is 13.4. The molecule has 0 unspecified atom stereocenters. The first-order valence-electron chi connectivity index (χ1n) is 15.6. The number of ether oxygens (including phenoxy) is 2. The number of hydrogen-bond acceptors (Lipinski definition) is 8. The average molecular weight is 664 g/mol. The number of amides is 1. The van der Waals surface area contributed by atoms with Crippen LogP contribution in [0.1, 0.15) is 49.7 Å². The van der Waals surface area contributed by atoms with Gasteiger partial charge in [-0.1, -0.05) is 24.3 Å². The van der Waals surface area contributed by atoms with Gasteiger partial charge in [0.25, 0.3) is 0 Å². The zero-order valence-electron chi connectivity index (χ0n) is 25.9. The number of carboxylic acids is 2. The summed E-state index contributed by atoms with van der Waals surface area (Å²) in [6, 6.07) is 16.4. The summed E-state index contributed by atoms with van der Waals surface area (Å²) < 4.78 is 38.2. The smallest absolute Gasteiger partial charge is 0.322 e. The summed E-state index contributed by atoms with van der Waals surface area (Å²) in [6.45, 7) is 3.17. The summed E-state index contributed by atoms with van der Waals surface area (Å²) in [4.78, 5) is 35.1. The van der Waals surface area contributed by atoms with E-state index in [0.29, 0.717) is 30.0 Å². The first-order valence-corrected chi connectivity index (χ1v) is 17.1. The summed E-state index contributed by atoms with van der Waals surface area (Å²) in [5, 5.41) is 23.7. The van der Waals surface area contributed by atoms with Crippen LogP contribution in [0.15, 0.2) is 65.6 Å². The third-order valence-electron chi connectivity index (χ3n) is 9.22. The van der Waals surface area contributed by atoms with Crippen molar-refractivity contribution < 1.29 is 42.5 Å². The van der Waals surface area contributed by atoms with Crippen LogP contribution in [0.25, 0.3) is 11.1 Å². The van der Waals surface area contributed by atoms with Crippen LogP contribution in [0.5, 0.6) is 11.5 Å². The average Bonchev–Trinajstić information content (AvgIpc) is 3.47. The molecule has 1 aliphatic carbocycles. The monoisotopic (exact) mass is 663 g/mol. The molecule has 4 N–H and O–H groups in total. The van der Waals surface area contributed by atoms with Gasteiger partial charge in [-0.25, -0.2) is 8.42 Å². The van der Waals surface area contributed by atoms with Crippen LogP contribution in [-0.4, -0.2) is 72.7 Å². The molecule has 13 heteroatoms. The maximum absolute atomic E-state index is 13.4. The Morgan fingerprint density at radius 1 is 0.915 bits per heavy atom. The Hall–Kier alpha value is -4.46. The second-order valence-electron chi connectivity index (χ2n) is 12.3. The van der Waals surface area contributed by atoms with Gasteiger partial charge >= 0.3 is 11.9 Å². The number of carboxylic acid groups (broad SMARTS) is 2. The lowest BCUT2D eigenvalue weighted by Gasteiger charge is -2.21. The van der Waals surface area contributed by atoms with E-state index in [4.69, 9.17) is 14.6 Å². The van der Waals surface area contributed by atoms with Crippen LogP contribution in [0.3, 0.4) is 0 Å². The number of hydrogen-bond donors (Lipinski definition) is 4. The molecule has 3 fully saturated rings. The van der Waals surface area contributed by atoms with E-state index in [2.05, 4.69) is 10.6 Å². The van der Waals surface area contributed by atoms with Crippen molar-refractivity contribution >= 4 is 33.6 Å². The normalized spacial score (nSPS) is 21.0. The molecule has 3 aromatic rings. The topological polar surface area (TPSA) is 172 Å². The van der Waals surface area contributed by atoms with Gasteiger partial charge in [0.1, 0.15) is 12.1 Å². The molecule has 3 heterocycles. The minimum Gasteiger partial charge on any atom is -0.480 e. The molecule has 0 bridgehead atoms. The Kier molecular flexibility index (Phi) is 8.97. The van der Waals surface area contributed by atoms with Crippen molar-refractivity contribution in [1.29, 1.82) is 0 Å². The Labute approximate surface area is 272 Å². The van der Waals surface area contributed by atoms with Crippen molar-refractivity contribution in [1.82, 2.24) is 9.62 Å². The van der Waals surface area contributed by atoms with E-state index >= 15 is 0 Å². The zero-order valence-corrected chi connectivity index (χ0v) is 26.7. The number of carbonyl (C=O) groups is 3. The van der Waals surface area contributed by atoms with Crippen LogP contribution in [0, 0.1) is 6.92 Å². The van der Waals surface area contributed by atoms with Crippen LogP contribution in [0.4, 0.5) is 5.69 Å². The van der Waals surface area contributed by atoms with E-state index < -0.39 is 33.4 Å². The van der Waals surface area contributed by atoms with E-state index in [9.17, 15) is 27.9 Å². The lowest BCUT2D eigenvalue weighted by molar-refractivity contribution is -0.141. The predicted octanol–water partition coefficient (Wildman–Crippen LogP) is 4.12. The molecule has 2 atom stereocenters. The molecule has 7 rings (SSSR count). The number of aliphatic carboxylic acids is 2. The highest BCUT2D eigenvalue weighted by Gasteiger charge is 2.51. The van der Waals surface area contributed by atoms with E-state index in [-0.39, 0.29) is 30.2 Å². The molecule has 3 aliphatic heterocycles. The number of nitrogens with one attached hydrogen (secondary N) is 2. The molecular weight excluding hydrogens is 626 g/mol. The summed E-state index contributed by atoms with van der Waals surface area (Å²) >= 11 is 0. The van der Waals surface area contributed by atoms with Gasteiger partial charge in [0.15, 0.2) is 11.5 Å². The second-order valence-corrected chi connectivity index (χ2v) is 14.1. The van der Waals surface area contributed by atoms with E-state index in [0.717, 1.165) is 58.8 Å². The minimum atomic E-state index is -3.93. The van der Waals surface area contributed by atoms with Gasteiger partial charge in [0.2, 0.25) is 22.7 Å². The molecule has 0 aromatic heterocycles. The summed E-state index contributed by atoms with van der Waals surface area (Å²) in [6.07, 6.45) is 4.09. The largest absolute Gasteiger partial charge is 0.480 e. The molecule has 0 radical (unpaired) electrons. The van der Waals surface area contributed by atoms with Crippen molar-refractivity contribution in [3.05, 3.63) is 71.8 Å². The number of nitrogens with zero attached hydrogens (tertiary/aromatic N) is 1. The van der Waals surface area contributed by atoms with Crippen molar-refractivity contribution in [2.75, 3.05) is 25.2 Å². The Bertz CT molecular complexity index is 1800. The molecule has 1 saturated carbocycles. The Morgan fingerprint density at radius 2 is 1.66 bits per heavy atom. The standard InChI is InChI=1S/C29H28N2O7S.C5H9NO2/c1-18-4-8-21(30-28(34)29(12-13-29)20-7-11-25-26(15-20)38-17-37-25)16-23(18)19-5-9-22(10-6-19)39(35,36)31-14-2-3-24(31)27(32)33;7-5(8)4-2-1-3-6-4/h4-11,15-16,24H,2-3,12-14,17H2,1H3,(H,30,34)(H,32,33);4,6H,1-3H2,(H,7,8)/t24-;4-/m00/s1. The first kappa shape index (κ1) is 32.5. The number of carbonyl (C=O) groups excluding carboxylic acids is 1. The summed E-state index contributed by atoms with van der Waals surface area (Å²) in [5.41, 5.74) is 3.55. The van der Waals surface area contributed by atoms with E-state index in [1.54, 1.807) is 12.1 Å². The quantitative estimate of drug-likeness (QED) is 0.275. The second kappa shape index (κ2) is 13.0. The number of fused-ring (bicyclic) bond motifs is 1. The van der Waals surface area contributed by atoms with E-state index in [1.165, 1.54) is 12.1 Å². The maximum Gasteiger partial charge on any atom is 0.322 e. The number of rotatable bonds is 8. The molecule has 4 aliphatic rings. The van der Waals surface area contributed by atoms with Crippen LogP contribution >= 0.6 is 0 Å². The van der Waals surface area contributed by atoms with Gasteiger partial charge in [-0.15, -0.1) is 0 Å². The third kappa shape index (κ3) is 6.55. The van der Waals surface area contributed by atoms with Gasteiger partial charge in [0, 0.05) is 12.2 Å². The van der Waals surface area contributed by atoms with Crippen molar-refractivity contribution in [3.8, 4) is 22.6 Å². The summed E-state index contributed by atoms with van der Waals surface area (Å²) in [7, 11) is -3.93. The number of aryl methyl sites for hydroxylation is 1. The highest BCUT2D eigenvalue weighted by Crippen LogP contribution is 2.51. The van der Waals surface area contributed by atoms with Gasteiger partial charge in [0.05, 0.1) is 10.3 Å². The first-order chi connectivity index (χ1) is 22.5. The fourth-order valence-corrected chi connectivity index (χ4v) is 7.99. The fourth-order valence-electron chi connectivity index (χ4n) is 6.34. The predicted molar refractivity (Wildman–Crippen MR) is 172 cm³/mol. The van der Waals surface area contributed by atoms with Crippen molar-refractivity contribution in [2.24, 2.45) is 0 Å². The highest BCUT2D eigenvalue weighted by molar-refractivity contribution is 7.89.